The van der Waals surface area contributed by atoms with Crippen LogP contribution in [0.15, 0.2) is 70.6 Å². The molecule has 2 aromatic carbocycles. The Balaban J connectivity index is 1.78. The number of ether oxygens (including phenoxy) is 1. The lowest BCUT2D eigenvalue weighted by molar-refractivity contribution is 0.414. The Kier molecular flexibility index (Phi) is 6.59. The molecule has 0 bridgehead atoms. The molecule has 0 atom stereocenters. The molecule has 6 heteroatoms. The second-order valence-corrected chi connectivity index (χ2v) is 9.12. The number of hydrogen-bond acceptors (Lipinski definition) is 5. The molecule has 0 aliphatic heterocycles. The lowest BCUT2D eigenvalue weighted by atomic mass is 10.2. The lowest BCUT2D eigenvalue weighted by Gasteiger charge is -2.12. The van der Waals surface area contributed by atoms with Gasteiger partial charge < -0.3 is 4.74 Å². The zero-order valence-corrected chi connectivity index (χ0v) is 19.4. The SMILES string of the molecule is CCc1sc2nc(SCC=Cc3ccccc3)n(-c3cccc(OC)c3)c(=O)c2c1C. The van der Waals surface area contributed by atoms with Crippen molar-refractivity contribution in [1.29, 1.82) is 0 Å². The van der Waals surface area contributed by atoms with Crippen molar-refractivity contribution in [2.24, 2.45) is 0 Å². The number of aromatic nitrogens is 2. The number of methoxy groups -OCH3 is 1. The third-order valence-electron chi connectivity index (χ3n) is 5.08. The predicted molar refractivity (Wildman–Crippen MR) is 132 cm³/mol. The number of thioether (sulfide) groups is 1. The largest absolute Gasteiger partial charge is 0.497 e. The number of hydrogen-bond donors (Lipinski definition) is 0. The minimum Gasteiger partial charge on any atom is -0.497 e. The summed E-state index contributed by atoms with van der Waals surface area (Å²) in [6.07, 6.45) is 5.08. The van der Waals surface area contributed by atoms with Crippen LogP contribution in [0.1, 0.15) is 22.9 Å². The molecule has 0 saturated carbocycles. The van der Waals surface area contributed by atoms with Crippen LogP contribution in [0.25, 0.3) is 22.0 Å². The molecule has 4 aromatic rings. The first-order chi connectivity index (χ1) is 15.1. The summed E-state index contributed by atoms with van der Waals surface area (Å²) in [5.41, 5.74) is 2.92. The van der Waals surface area contributed by atoms with Gasteiger partial charge in [-0.15, -0.1) is 11.3 Å². The van der Waals surface area contributed by atoms with E-state index in [1.807, 2.05) is 49.4 Å². The second-order valence-electron chi connectivity index (χ2n) is 7.04. The van der Waals surface area contributed by atoms with Crippen LogP contribution in [0.3, 0.4) is 0 Å². The third kappa shape index (κ3) is 4.45. The molecule has 0 saturated heterocycles. The zero-order valence-electron chi connectivity index (χ0n) is 17.8. The molecule has 158 valence electrons. The van der Waals surface area contributed by atoms with E-state index >= 15 is 0 Å². The average Bonchev–Trinajstić information content (AvgIpc) is 3.13. The summed E-state index contributed by atoms with van der Waals surface area (Å²) in [4.78, 5) is 20.5. The second kappa shape index (κ2) is 9.54. The van der Waals surface area contributed by atoms with E-state index in [1.165, 1.54) is 4.88 Å². The van der Waals surface area contributed by atoms with Gasteiger partial charge in [-0.1, -0.05) is 67.2 Å². The van der Waals surface area contributed by atoms with Gasteiger partial charge in [0.05, 0.1) is 18.2 Å². The van der Waals surface area contributed by atoms with Crippen LogP contribution in [0.4, 0.5) is 0 Å². The van der Waals surface area contributed by atoms with Gasteiger partial charge in [-0.25, -0.2) is 4.98 Å². The molecule has 0 amide bonds. The molecule has 4 rings (SSSR count). The van der Waals surface area contributed by atoms with E-state index in [4.69, 9.17) is 9.72 Å². The van der Waals surface area contributed by atoms with E-state index in [0.717, 1.165) is 28.1 Å². The highest BCUT2D eigenvalue weighted by Gasteiger charge is 2.18. The summed E-state index contributed by atoms with van der Waals surface area (Å²) >= 11 is 3.18. The van der Waals surface area contributed by atoms with Gasteiger partial charge in [-0.2, -0.15) is 0 Å². The predicted octanol–water partition coefficient (Wildman–Crippen LogP) is 6.13. The molecule has 2 aromatic heterocycles. The Labute approximate surface area is 190 Å². The molecule has 0 radical (unpaired) electrons. The molecule has 0 aliphatic carbocycles. The van der Waals surface area contributed by atoms with Gasteiger partial charge in [-0.3, -0.25) is 9.36 Å². The molecule has 0 fully saturated rings. The maximum atomic E-state index is 13.6. The number of rotatable bonds is 7. The topological polar surface area (TPSA) is 44.1 Å². The molecule has 0 aliphatic rings. The van der Waals surface area contributed by atoms with Crippen LogP contribution in [0.2, 0.25) is 0 Å². The Morgan fingerprint density at radius 2 is 1.97 bits per heavy atom. The van der Waals surface area contributed by atoms with Crippen LogP contribution in [0.5, 0.6) is 5.75 Å². The van der Waals surface area contributed by atoms with Crippen LogP contribution in [0, 0.1) is 6.92 Å². The van der Waals surface area contributed by atoms with Crippen molar-refractivity contribution < 1.29 is 4.74 Å². The highest BCUT2D eigenvalue weighted by atomic mass is 32.2. The quantitative estimate of drug-likeness (QED) is 0.252. The minimum atomic E-state index is -0.0266. The first-order valence-electron chi connectivity index (χ1n) is 10.2. The van der Waals surface area contributed by atoms with Gasteiger partial charge in [0.1, 0.15) is 10.6 Å². The Morgan fingerprint density at radius 3 is 2.71 bits per heavy atom. The van der Waals surface area contributed by atoms with Crippen molar-refractivity contribution in [1.82, 2.24) is 9.55 Å². The zero-order chi connectivity index (χ0) is 21.8. The van der Waals surface area contributed by atoms with E-state index in [9.17, 15) is 4.79 Å². The van der Waals surface area contributed by atoms with Gasteiger partial charge in [-0.05, 0) is 36.6 Å². The number of nitrogens with zero attached hydrogens (tertiary/aromatic N) is 2. The molecule has 4 nitrogen and oxygen atoms in total. The average molecular weight is 449 g/mol. The molecule has 31 heavy (non-hydrogen) atoms. The highest BCUT2D eigenvalue weighted by Crippen LogP contribution is 2.31. The number of thiophene rings is 1. The Morgan fingerprint density at radius 1 is 1.16 bits per heavy atom. The molecule has 0 unspecified atom stereocenters. The van der Waals surface area contributed by atoms with Crippen LogP contribution >= 0.6 is 23.1 Å². The summed E-state index contributed by atoms with van der Waals surface area (Å²) < 4.78 is 7.10. The molecular formula is C25H24N2O2S2. The van der Waals surface area contributed by atoms with E-state index in [2.05, 4.69) is 31.2 Å². The molecule has 2 heterocycles. The van der Waals surface area contributed by atoms with E-state index in [-0.39, 0.29) is 5.56 Å². The van der Waals surface area contributed by atoms with Crippen LogP contribution in [-0.2, 0) is 6.42 Å². The fourth-order valence-corrected chi connectivity index (χ4v) is 5.47. The van der Waals surface area contributed by atoms with Crippen molar-refractivity contribution >= 4 is 39.4 Å². The highest BCUT2D eigenvalue weighted by molar-refractivity contribution is 7.99. The normalized spacial score (nSPS) is 11.5. The van der Waals surface area contributed by atoms with Crippen LogP contribution in [-0.4, -0.2) is 22.4 Å². The van der Waals surface area contributed by atoms with Crippen molar-refractivity contribution in [2.45, 2.75) is 25.4 Å². The fourth-order valence-electron chi connectivity index (χ4n) is 3.49. The molecule has 0 N–H and O–H groups in total. The summed E-state index contributed by atoms with van der Waals surface area (Å²) in [5.74, 6) is 1.42. The summed E-state index contributed by atoms with van der Waals surface area (Å²) in [6, 6.07) is 17.8. The van der Waals surface area contributed by atoms with Crippen molar-refractivity contribution in [3.8, 4) is 11.4 Å². The van der Waals surface area contributed by atoms with Gasteiger partial charge in [0, 0.05) is 16.7 Å². The van der Waals surface area contributed by atoms with Gasteiger partial charge in [0.25, 0.3) is 5.56 Å². The Bertz CT molecular complexity index is 1290. The molecule has 0 spiro atoms. The Hall–Kier alpha value is -2.83. The minimum absolute atomic E-state index is 0.0266. The summed E-state index contributed by atoms with van der Waals surface area (Å²) in [5, 5.41) is 1.40. The number of aryl methyl sites for hydroxylation is 2. The first-order valence-corrected chi connectivity index (χ1v) is 12.0. The van der Waals surface area contributed by atoms with Crippen LogP contribution < -0.4 is 10.3 Å². The number of benzene rings is 2. The lowest BCUT2D eigenvalue weighted by Crippen LogP contribution is -2.21. The van der Waals surface area contributed by atoms with E-state index < -0.39 is 0 Å². The fraction of sp³-hybridized carbons (Fsp3) is 0.200. The van der Waals surface area contributed by atoms with Crippen molar-refractivity contribution in [3.63, 3.8) is 0 Å². The monoisotopic (exact) mass is 448 g/mol. The van der Waals surface area contributed by atoms with Crippen molar-refractivity contribution in [3.05, 3.63) is 87.0 Å². The summed E-state index contributed by atoms with van der Waals surface area (Å²) in [6.45, 7) is 4.13. The van der Waals surface area contributed by atoms with Gasteiger partial charge in [0.15, 0.2) is 5.16 Å². The first kappa shape index (κ1) is 21.4. The third-order valence-corrected chi connectivity index (χ3v) is 7.30. The van der Waals surface area contributed by atoms with E-state index in [0.29, 0.717) is 22.0 Å². The number of fused-ring (bicyclic) bond motifs is 1. The van der Waals surface area contributed by atoms with Crippen molar-refractivity contribution in [2.75, 3.05) is 12.9 Å². The maximum Gasteiger partial charge on any atom is 0.267 e. The van der Waals surface area contributed by atoms with Gasteiger partial charge >= 0.3 is 0 Å². The summed E-state index contributed by atoms with van der Waals surface area (Å²) in [7, 11) is 1.63. The van der Waals surface area contributed by atoms with E-state index in [1.54, 1.807) is 34.8 Å². The maximum absolute atomic E-state index is 13.6. The smallest absolute Gasteiger partial charge is 0.267 e. The van der Waals surface area contributed by atoms with Gasteiger partial charge in [0.2, 0.25) is 0 Å². The standard InChI is InChI=1S/C25H24N2O2S2/c1-4-21-17(2)22-23(31-21)26-25(30-15-9-12-18-10-6-5-7-11-18)27(24(22)28)19-13-8-14-20(16-19)29-3/h5-14,16H,4,15H2,1-3H3. The molecular weight excluding hydrogens is 424 g/mol.